The molecule has 0 aliphatic carbocycles. The summed E-state index contributed by atoms with van der Waals surface area (Å²) in [7, 11) is 0. The Labute approximate surface area is 297 Å². The number of aromatic nitrogens is 3. The number of nitrogens with zero attached hydrogens (tertiary/aromatic N) is 3. The van der Waals surface area contributed by atoms with Crippen LogP contribution >= 0.6 is 11.3 Å². The average Bonchev–Trinajstić information content (AvgIpc) is 3.86. The van der Waals surface area contributed by atoms with Gasteiger partial charge in [-0.25, -0.2) is 0 Å². The molecule has 0 N–H and O–H groups in total. The van der Waals surface area contributed by atoms with Crippen molar-refractivity contribution in [3.05, 3.63) is 176 Å². The number of benzene rings is 7. The predicted molar refractivity (Wildman–Crippen MR) is 217 cm³/mol. The second-order valence-electron chi connectivity index (χ2n) is 13.2. The highest BCUT2D eigenvalue weighted by Gasteiger charge is 2.19. The molecule has 0 aliphatic heterocycles. The van der Waals surface area contributed by atoms with Crippen LogP contribution in [0, 0.1) is 0 Å². The first-order valence-electron chi connectivity index (χ1n) is 17.3. The van der Waals surface area contributed by atoms with Crippen molar-refractivity contribution >= 4 is 75.1 Å². The van der Waals surface area contributed by atoms with Crippen molar-refractivity contribution < 1.29 is 0 Å². The van der Waals surface area contributed by atoms with Crippen molar-refractivity contribution in [1.29, 1.82) is 0 Å². The van der Waals surface area contributed by atoms with E-state index in [-0.39, 0.29) is 0 Å². The average molecular weight is 668 g/mol. The van der Waals surface area contributed by atoms with E-state index < -0.39 is 0 Å². The molecule has 0 aliphatic rings. The Balaban J connectivity index is 1.12. The van der Waals surface area contributed by atoms with Gasteiger partial charge in [-0.05, 0) is 71.8 Å². The summed E-state index contributed by atoms with van der Waals surface area (Å²) in [6.45, 7) is 0. The second-order valence-corrected chi connectivity index (χ2v) is 14.2. The van der Waals surface area contributed by atoms with Crippen molar-refractivity contribution in [2.24, 2.45) is 0 Å². The third-order valence-corrected chi connectivity index (χ3v) is 11.7. The number of hydrogen-bond donors (Lipinski definition) is 0. The fourth-order valence-electron chi connectivity index (χ4n) is 8.15. The quantitative estimate of drug-likeness (QED) is 0.183. The largest absolute Gasteiger partial charge is 0.309 e. The first-order chi connectivity index (χ1) is 25.3. The van der Waals surface area contributed by atoms with E-state index in [1.807, 2.05) is 29.8 Å². The van der Waals surface area contributed by atoms with Gasteiger partial charge in [-0.3, -0.25) is 4.98 Å². The summed E-state index contributed by atoms with van der Waals surface area (Å²) < 4.78 is 7.42. The first kappa shape index (κ1) is 28.4. The molecule has 4 heterocycles. The van der Waals surface area contributed by atoms with Gasteiger partial charge in [0.1, 0.15) is 0 Å². The van der Waals surface area contributed by atoms with Gasteiger partial charge in [0.2, 0.25) is 0 Å². The van der Waals surface area contributed by atoms with E-state index in [1.54, 1.807) is 0 Å². The molecule has 11 aromatic rings. The van der Waals surface area contributed by atoms with Crippen molar-refractivity contribution in [1.82, 2.24) is 14.1 Å². The molecule has 238 valence electrons. The van der Waals surface area contributed by atoms with E-state index in [1.165, 1.54) is 91.8 Å². The lowest BCUT2D eigenvalue weighted by Gasteiger charge is -2.10. The van der Waals surface area contributed by atoms with Crippen LogP contribution in [0.25, 0.3) is 97.4 Å². The lowest BCUT2D eigenvalue weighted by molar-refractivity contribution is 1.18. The smallest absolute Gasteiger partial charge is 0.0640 e. The minimum Gasteiger partial charge on any atom is -0.309 e. The van der Waals surface area contributed by atoms with Crippen molar-refractivity contribution in [3.8, 4) is 33.6 Å². The molecule has 3 nitrogen and oxygen atoms in total. The molecule has 0 saturated carbocycles. The minimum atomic E-state index is 1.14. The Hall–Kier alpha value is -6.49. The van der Waals surface area contributed by atoms with E-state index in [0.717, 1.165) is 5.56 Å². The molecule has 51 heavy (non-hydrogen) atoms. The number of hydrogen-bond acceptors (Lipinski definition) is 2. The van der Waals surface area contributed by atoms with Crippen LogP contribution in [0.5, 0.6) is 0 Å². The van der Waals surface area contributed by atoms with Gasteiger partial charge in [0.25, 0.3) is 0 Å². The molecule has 0 unspecified atom stereocenters. The van der Waals surface area contributed by atoms with E-state index >= 15 is 0 Å². The maximum Gasteiger partial charge on any atom is 0.0640 e. The van der Waals surface area contributed by atoms with Crippen LogP contribution in [-0.2, 0) is 0 Å². The number of fused-ring (bicyclic) bond motifs is 9. The fourth-order valence-corrected chi connectivity index (χ4v) is 9.49. The Morgan fingerprint density at radius 3 is 1.69 bits per heavy atom. The molecule has 0 radical (unpaired) electrons. The Kier molecular flexibility index (Phi) is 6.12. The normalized spacial score (nSPS) is 11.9. The van der Waals surface area contributed by atoms with Gasteiger partial charge in [0.15, 0.2) is 0 Å². The third kappa shape index (κ3) is 4.21. The van der Waals surface area contributed by atoms with Crippen molar-refractivity contribution in [2.75, 3.05) is 0 Å². The van der Waals surface area contributed by atoms with Crippen LogP contribution in [0.2, 0.25) is 0 Å². The summed E-state index contributed by atoms with van der Waals surface area (Å²) in [4.78, 5) is 4.42. The van der Waals surface area contributed by atoms with Crippen LogP contribution in [0.4, 0.5) is 0 Å². The molecule has 0 amide bonds. The lowest BCUT2D eigenvalue weighted by Crippen LogP contribution is -1.94. The SMILES string of the molecule is c1ccc(-n2c3ccccc3c3cc(-c4ccc5c(c4)c4ccccc4n5-c4cccc5c4sc4c(-c6cccnc6)cccc45)ccc32)cc1. The zero-order valence-corrected chi connectivity index (χ0v) is 28.3. The van der Waals surface area contributed by atoms with Gasteiger partial charge in [-0.15, -0.1) is 11.3 Å². The van der Waals surface area contributed by atoms with Gasteiger partial charge in [-0.1, -0.05) is 103 Å². The van der Waals surface area contributed by atoms with Gasteiger partial charge < -0.3 is 9.13 Å². The molecular weight excluding hydrogens is 639 g/mol. The standard InChI is InChI=1S/C47H29N3S/c1-2-12-33(13-3-1)49-41-19-6-4-14-35(41)39-27-30(22-24-43(39)49)31-23-25-44-40(28-31)36-15-5-7-20-42(36)50(44)45-21-9-18-38-37-17-8-16-34(46(37)51-47(38)45)32-11-10-26-48-29-32/h1-29H. The summed E-state index contributed by atoms with van der Waals surface area (Å²) in [6.07, 6.45) is 3.80. The molecule has 4 aromatic heterocycles. The zero-order valence-electron chi connectivity index (χ0n) is 27.5. The van der Waals surface area contributed by atoms with Crippen LogP contribution in [-0.4, -0.2) is 14.1 Å². The summed E-state index contributed by atoms with van der Waals surface area (Å²) >= 11 is 1.88. The fraction of sp³-hybridized carbons (Fsp3) is 0. The molecule has 4 heteroatoms. The molecule has 0 bridgehead atoms. The molecule has 7 aromatic carbocycles. The second kappa shape index (κ2) is 11.0. The lowest BCUT2D eigenvalue weighted by atomic mass is 10.0. The van der Waals surface area contributed by atoms with E-state index in [9.17, 15) is 0 Å². The summed E-state index contributed by atoms with van der Waals surface area (Å²) in [5.74, 6) is 0. The maximum absolute atomic E-state index is 4.42. The Morgan fingerprint density at radius 2 is 0.980 bits per heavy atom. The van der Waals surface area contributed by atoms with Crippen molar-refractivity contribution in [3.63, 3.8) is 0 Å². The summed E-state index contributed by atoms with van der Waals surface area (Å²) in [5, 5.41) is 7.60. The molecular formula is C47H29N3S. The van der Waals surface area contributed by atoms with E-state index in [0.29, 0.717) is 0 Å². The van der Waals surface area contributed by atoms with Crippen LogP contribution in [0.3, 0.4) is 0 Å². The maximum atomic E-state index is 4.42. The molecule has 0 spiro atoms. The number of thiophene rings is 1. The first-order valence-corrected chi connectivity index (χ1v) is 18.1. The molecule has 0 fully saturated rings. The monoisotopic (exact) mass is 667 g/mol. The highest BCUT2D eigenvalue weighted by atomic mass is 32.1. The molecule has 11 rings (SSSR count). The van der Waals surface area contributed by atoms with E-state index in [2.05, 4.69) is 172 Å². The summed E-state index contributed by atoms with van der Waals surface area (Å²) in [5.41, 5.74) is 12.0. The topological polar surface area (TPSA) is 22.8 Å². The van der Waals surface area contributed by atoms with E-state index in [4.69, 9.17) is 0 Å². The number of pyridine rings is 1. The Morgan fingerprint density at radius 1 is 0.392 bits per heavy atom. The van der Waals surface area contributed by atoms with Crippen LogP contribution in [0.15, 0.2) is 176 Å². The van der Waals surface area contributed by atoms with Gasteiger partial charge in [0, 0.05) is 66.2 Å². The highest BCUT2D eigenvalue weighted by molar-refractivity contribution is 7.26. The Bertz CT molecular complexity index is 3130. The molecule has 0 saturated heterocycles. The number of para-hydroxylation sites is 3. The van der Waals surface area contributed by atoms with Gasteiger partial charge in [-0.2, -0.15) is 0 Å². The van der Waals surface area contributed by atoms with Crippen LogP contribution < -0.4 is 0 Å². The number of rotatable bonds is 4. The van der Waals surface area contributed by atoms with Gasteiger partial charge >= 0.3 is 0 Å². The predicted octanol–water partition coefficient (Wildman–Crippen LogP) is 13.0. The third-order valence-electron chi connectivity index (χ3n) is 10.4. The van der Waals surface area contributed by atoms with Crippen LogP contribution in [0.1, 0.15) is 0 Å². The highest BCUT2D eigenvalue weighted by Crippen LogP contribution is 2.44. The van der Waals surface area contributed by atoms with Crippen molar-refractivity contribution in [2.45, 2.75) is 0 Å². The summed E-state index contributed by atoms with van der Waals surface area (Å²) in [6, 6.07) is 59.7. The molecule has 0 atom stereocenters. The zero-order chi connectivity index (χ0) is 33.5. The minimum absolute atomic E-state index is 1.14. The van der Waals surface area contributed by atoms with Gasteiger partial charge in [0.05, 0.1) is 32.5 Å².